The summed E-state index contributed by atoms with van der Waals surface area (Å²) < 4.78 is 4.78. The molecule has 2 rings (SSSR count). The number of likely N-dealkylation sites (tertiary alicyclic amines) is 1. The number of aliphatic hydroxyl groups excluding tert-OH is 1. The highest BCUT2D eigenvalue weighted by Gasteiger charge is 2.49. The first-order chi connectivity index (χ1) is 7.65. The molecule has 0 aromatic heterocycles. The third kappa shape index (κ3) is 1.85. The van der Waals surface area contributed by atoms with Crippen molar-refractivity contribution in [1.29, 1.82) is 0 Å². The number of carbonyl (C=O) groups excluding carboxylic acids is 2. The van der Waals surface area contributed by atoms with Crippen LogP contribution in [0, 0.1) is 11.8 Å². The summed E-state index contributed by atoms with van der Waals surface area (Å²) in [6.45, 7) is 0.213. The molecule has 16 heavy (non-hydrogen) atoms. The van der Waals surface area contributed by atoms with Gasteiger partial charge in [0, 0.05) is 7.11 Å². The van der Waals surface area contributed by atoms with Gasteiger partial charge < -0.3 is 9.84 Å². The minimum absolute atomic E-state index is 0.0680. The Hall–Kier alpha value is -0.940. The van der Waals surface area contributed by atoms with E-state index in [4.69, 9.17) is 4.74 Å². The molecule has 0 bridgehead atoms. The van der Waals surface area contributed by atoms with Crippen LogP contribution in [0.5, 0.6) is 0 Å². The summed E-state index contributed by atoms with van der Waals surface area (Å²) >= 11 is 0. The third-order valence-corrected chi connectivity index (χ3v) is 3.43. The van der Waals surface area contributed by atoms with Crippen LogP contribution >= 0.6 is 0 Å². The molecule has 3 unspecified atom stereocenters. The van der Waals surface area contributed by atoms with E-state index in [0.717, 1.165) is 19.3 Å². The molecule has 1 aliphatic heterocycles. The molecule has 2 fully saturated rings. The Morgan fingerprint density at radius 2 is 1.94 bits per heavy atom. The molecular weight excluding hydrogens is 210 g/mol. The fourth-order valence-electron chi connectivity index (χ4n) is 2.70. The summed E-state index contributed by atoms with van der Waals surface area (Å²) in [5.41, 5.74) is 0. The van der Waals surface area contributed by atoms with Crippen LogP contribution < -0.4 is 0 Å². The minimum Gasteiger partial charge on any atom is -0.389 e. The first-order valence-electron chi connectivity index (χ1n) is 5.67. The molecular formula is C11H17NO4. The number of ether oxygens (including phenoxy) is 1. The Labute approximate surface area is 94.4 Å². The lowest BCUT2D eigenvalue weighted by Crippen LogP contribution is -2.39. The first-order valence-corrected chi connectivity index (χ1v) is 5.67. The molecule has 0 aromatic carbocycles. The second-order valence-electron chi connectivity index (χ2n) is 4.54. The number of aliphatic hydroxyl groups is 1. The van der Waals surface area contributed by atoms with Crippen molar-refractivity contribution in [3.05, 3.63) is 0 Å². The molecule has 1 aliphatic carbocycles. The Kier molecular flexibility index (Phi) is 3.25. The van der Waals surface area contributed by atoms with Gasteiger partial charge in [-0.1, -0.05) is 6.42 Å². The van der Waals surface area contributed by atoms with Gasteiger partial charge in [-0.2, -0.15) is 0 Å². The number of β-amino-alcohol motifs (C(OH)–C–C–N with tert-alkyl or cyclic N) is 1. The molecule has 0 spiro atoms. The van der Waals surface area contributed by atoms with Crippen molar-refractivity contribution < 1.29 is 19.4 Å². The van der Waals surface area contributed by atoms with Crippen LogP contribution in [0.3, 0.4) is 0 Å². The molecule has 0 radical (unpaired) electrons. The SMILES string of the molecule is COCC(O)CN1C(=O)C2CCCC2C1=O. The number of nitrogens with zero attached hydrogens (tertiary/aromatic N) is 1. The summed E-state index contributed by atoms with van der Waals surface area (Å²) in [4.78, 5) is 25.0. The highest BCUT2D eigenvalue weighted by Crippen LogP contribution is 2.39. The van der Waals surface area contributed by atoms with Crippen molar-refractivity contribution in [3.63, 3.8) is 0 Å². The van der Waals surface area contributed by atoms with Crippen molar-refractivity contribution in [2.45, 2.75) is 25.4 Å². The van der Waals surface area contributed by atoms with Crippen LogP contribution in [0.25, 0.3) is 0 Å². The Morgan fingerprint density at radius 1 is 1.38 bits per heavy atom. The maximum Gasteiger partial charge on any atom is 0.233 e. The van der Waals surface area contributed by atoms with Gasteiger partial charge in [-0.05, 0) is 12.8 Å². The van der Waals surface area contributed by atoms with Gasteiger partial charge in [0.15, 0.2) is 0 Å². The Balaban J connectivity index is 2.00. The van der Waals surface area contributed by atoms with Gasteiger partial charge in [-0.25, -0.2) is 0 Å². The number of hydrogen-bond donors (Lipinski definition) is 1. The molecule has 1 heterocycles. The number of carbonyl (C=O) groups is 2. The van der Waals surface area contributed by atoms with Crippen LogP contribution in [0.1, 0.15) is 19.3 Å². The van der Waals surface area contributed by atoms with E-state index in [-0.39, 0.29) is 36.8 Å². The molecule has 1 saturated carbocycles. The monoisotopic (exact) mass is 227 g/mol. The van der Waals surface area contributed by atoms with Crippen molar-refractivity contribution in [2.75, 3.05) is 20.3 Å². The molecule has 1 N–H and O–H groups in total. The van der Waals surface area contributed by atoms with Gasteiger partial charge in [0.05, 0.1) is 31.1 Å². The van der Waals surface area contributed by atoms with Crippen LogP contribution in [-0.2, 0) is 14.3 Å². The number of methoxy groups -OCH3 is 1. The number of imide groups is 1. The summed E-state index contributed by atoms with van der Waals surface area (Å²) in [5.74, 6) is -0.463. The molecule has 3 atom stereocenters. The first kappa shape index (κ1) is 11.5. The fraction of sp³-hybridized carbons (Fsp3) is 0.818. The van der Waals surface area contributed by atoms with E-state index in [2.05, 4.69) is 0 Å². The molecule has 0 aromatic rings. The average molecular weight is 227 g/mol. The summed E-state index contributed by atoms with van der Waals surface area (Å²) in [6.07, 6.45) is 1.80. The van der Waals surface area contributed by atoms with Crippen molar-refractivity contribution in [2.24, 2.45) is 11.8 Å². The topological polar surface area (TPSA) is 66.8 Å². The van der Waals surface area contributed by atoms with E-state index in [1.807, 2.05) is 0 Å². The molecule has 2 aliphatic rings. The average Bonchev–Trinajstić information content (AvgIpc) is 2.79. The number of fused-ring (bicyclic) bond motifs is 1. The molecule has 1 saturated heterocycles. The lowest BCUT2D eigenvalue weighted by molar-refractivity contribution is -0.142. The molecule has 2 amide bonds. The van der Waals surface area contributed by atoms with Gasteiger partial charge in [-0.15, -0.1) is 0 Å². The summed E-state index contributed by atoms with van der Waals surface area (Å²) in [7, 11) is 1.48. The van der Waals surface area contributed by atoms with Crippen molar-refractivity contribution >= 4 is 11.8 Å². The van der Waals surface area contributed by atoms with Crippen LogP contribution in [0.2, 0.25) is 0 Å². The number of amides is 2. The summed E-state index contributed by atoms with van der Waals surface area (Å²) in [6, 6.07) is 0. The number of rotatable bonds is 4. The van der Waals surface area contributed by atoms with E-state index >= 15 is 0 Å². The largest absolute Gasteiger partial charge is 0.389 e. The van der Waals surface area contributed by atoms with Gasteiger partial charge in [0.25, 0.3) is 0 Å². The van der Waals surface area contributed by atoms with E-state index in [0.29, 0.717) is 0 Å². The highest BCUT2D eigenvalue weighted by molar-refractivity contribution is 6.05. The maximum atomic E-state index is 11.9. The molecule has 90 valence electrons. The van der Waals surface area contributed by atoms with Crippen LogP contribution in [0.15, 0.2) is 0 Å². The summed E-state index contributed by atoms with van der Waals surface area (Å²) in [5, 5.41) is 9.54. The Morgan fingerprint density at radius 3 is 2.44 bits per heavy atom. The molecule has 5 nitrogen and oxygen atoms in total. The van der Waals surface area contributed by atoms with Gasteiger partial charge in [0.2, 0.25) is 11.8 Å². The Bertz CT molecular complexity index is 282. The van der Waals surface area contributed by atoms with Gasteiger partial charge in [-0.3, -0.25) is 14.5 Å². The van der Waals surface area contributed by atoms with E-state index in [1.165, 1.54) is 12.0 Å². The highest BCUT2D eigenvalue weighted by atomic mass is 16.5. The third-order valence-electron chi connectivity index (χ3n) is 3.43. The maximum absolute atomic E-state index is 11.9. The lowest BCUT2D eigenvalue weighted by atomic mass is 10.00. The zero-order valence-electron chi connectivity index (χ0n) is 9.39. The predicted molar refractivity (Wildman–Crippen MR) is 55.4 cm³/mol. The lowest BCUT2D eigenvalue weighted by Gasteiger charge is -2.19. The van der Waals surface area contributed by atoms with E-state index in [9.17, 15) is 14.7 Å². The second kappa shape index (κ2) is 4.51. The zero-order chi connectivity index (χ0) is 11.7. The van der Waals surface area contributed by atoms with Gasteiger partial charge in [0.1, 0.15) is 0 Å². The second-order valence-corrected chi connectivity index (χ2v) is 4.54. The predicted octanol–water partition coefficient (Wildman–Crippen LogP) is -0.221. The standard InChI is InChI=1S/C11H17NO4/c1-16-6-7(13)5-12-10(14)8-3-2-4-9(8)11(12)15/h7-9,13H,2-6H2,1H3. The van der Waals surface area contributed by atoms with Gasteiger partial charge >= 0.3 is 0 Å². The van der Waals surface area contributed by atoms with Crippen molar-refractivity contribution in [3.8, 4) is 0 Å². The smallest absolute Gasteiger partial charge is 0.233 e. The van der Waals surface area contributed by atoms with E-state index < -0.39 is 6.10 Å². The quantitative estimate of drug-likeness (QED) is 0.674. The minimum atomic E-state index is -0.781. The van der Waals surface area contributed by atoms with E-state index in [1.54, 1.807) is 0 Å². The molecule has 5 heteroatoms. The fourth-order valence-corrected chi connectivity index (χ4v) is 2.70. The van der Waals surface area contributed by atoms with Crippen molar-refractivity contribution in [1.82, 2.24) is 4.90 Å². The normalized spacial score (nSPS) is 31.0. The zero-order valence-corrected chi connectivity index (χ0v) is 9.39. The van der Waals surface area contributed by atoms with Crippen LogP contribution in [0.4, 0.5) is 0 Å². The van der Waals surface area contributed by atoms with Crippen LogP contribution in [-0.4, -0.2) is 48.2 Å². The number of hydrogen-bond acceptors (Lipinski definition) is 4.